The van der Waals surface area contributed by atoms with Crippen LogP contribution in [-0.2, 0) is 42.1 Å². The van der Waals surface area contributed by atoms with Crippen LogP contribution in [0.2, 0.25) is 38.3 Å². The molecule has 10 unspecified atom stereocenters. The molecule has 2 saturated heterocycles. The highest BCUT2D eigenvalue weighted by molar-refractivity contribution is 6.71. The zero-order valence-corrected chi connectivity index (χ0v) is 69.2. The summed E-state index contributed by atoms with van der Waals surface area (Å²) in [4.78, 5) is 27.5. The molecule has 3 saturated carbocycles. The van der Waals surface area contributed by atoms with Gasteiger partial charge in [0.25, 0.3) is 14.4 Å². The fourth-order valence-corrected chi connectivity index (χ4v) is 20.1. The van der Waals surface area contributed by atoms with E-state index >= 15 is 26.3 Å². The lowest BCUT2D eigenvalue weighted by molar-refractivity contribution is -1.04. The minimum Gasteiger partial charge on any atom is -0.496 e. The second-order valence-corrected chi connectivity index (χ2v) is 44.1. The van der Waals surface area contributed by atoms with Crippen molar-refractivity contribution in [3.63, 3.8) is 0 Å². The molecule has 3 aliphatic carbocycles. The summed E-state index contributed by atoms with van der Waals surface area (Å²) in [6.45, 7) is 17.5. The summed E-state index contributed by atoms with van der Waals surface area (Å²) in [5.74, 6) is -117. The number of hydroxylamine groups is 3. The highest BCUT2D eigenvalue weighted by Gasteiger charge is 2.97. The Balaban J connectivity index is 1.35. The maximum Gasteiger partial charge on any atom is 0.460 e. The van der Waals surface area contributed by atoms with Crippen molar-refractivity contribution < 1.29 is 211 Å². The van der Waals surface area contributed by atoms with Gasteiger partial charge in [-0.25, -0.2) is 4.79 Å². The molecule has 2 heterocycles. The second-order valence-electron chi connectivity index (χ2n) is 35.6. The van der Waals surface area contributed by atoms with Crippen LogP contribution in [0.1, 0.15) is 125 Å². The molecule has 0 spiro atoms. The minimum absolute atomic E-state index is 0.0128. The fourth-order valence-electron chi connectivity index (χ4n) is 16.3. The predicted octanol–water partition coefficient (Wildman–Crippen LogP) is 19.8. The first-order chi connectivity index (χ1) is 54.4. The molecule has 3 N–H and O–H groups in total. The number of carboxylic acid groups (broad SMARTS) is 1. The number of nitrogens with one attached hydrogen (secondary N) is 3. The zero-order valence-electron chi connectivity index (χ0n) is 67.2. The molecule has 0 radical (unpaired) electrons. The summed E-state index contributed by atoms with van der Waals surface area (Å²) < 4.78 is 533. The van der Waals surface area contributed by atoms with Crippen LogP contribution in [0.5, 0.6) is 0 Å². The number of carbonyl (C=O) groups is 2. The number of rotatable bonds is 44. The highest BCUT2D eigenvalue weighted by atomic mass is 28.4. The normalized spacial score (nSPS) is 25.6. The second kappa shape index (κ2) is 36.8. The Labute approximate surface area is 680 Å². The van der Waals surface area contributed by atoms with E-state index < -0.39 is 246 Å². The van der Waals surface area contributed by atoms with Gasteiger partial charge in [0.1, 0.15) is 43.9 Å². The quantitative estimate of drug-likeness (QED) is 0.0173. The van der Waals surface area contributed by atoms with E-state index in [0.717, 1.165) is 26.2 Å². The molecule has 122 heavy (non-hydrogen) atoms. The summed E-state index contributed by atoms with van der Waals surface area (Å²) in [6.07, 6.45) is -25.3. The van der Waals surface area contributed by atoms with E-state index in [0.29, 0.717) is 50.7 Å². The fraction of sp³-hybridized carbons (Fsp3) is 0.914. The van der Waals surface area contributed by atoms with Gasteiger partial charge in [-0.3, -0.25) is 4.53 Å². The lowest BCUT2D eigenvalue weighted by atomic mass is 9.62. The summed E-state index contributed by atoms with van der Waals surface area (Å²) >= 11 is 0. The van der Waals surface area contributed by atoms with E-state index in [1.54, 1.807) is 13.8 Å². The highest BCUT2D eigenvalue weighted by Crippen LogP contribution is 2.67. The number of halogens is 34. The van der Waals surface area contributed by atoms with Gasteiger partial charge in [-0.15, -0.1) is 4.65 Å². The molecular formula is C70H98F34N4O12Si2. The van der Waals surface area contributed by atoms with E-state index in [1.807, 2.05) is 20.8 Å². The molecule has 16 nitrogen and oxygen atoms in total. The molecule has 2 amide bonds. The number of quaternary nitrogens is 1. The lowest BCUT2D eigenvalue weighted by Crippen LogP contribution is -2.74. The minimum atomic E-state index is -8.89. The molecule has 2 aliphatic heterocycles. The average Bonchev–Trinajstić information content (AvgIpc) is 0.715. The van der Waals surface area contributed by atoms with Crippen molar-refractivity contribution in [3.05, 3.63) is 24.7 Å². The Hall–Kier alpha value is -4.49. The van der Waals surface area contributed by atoms with Crippen molar-refractivity contribution in [1.29, 1.82) is 0 Å². The third-order valence-electron chi connectivity index (χ3n) is 21.8. The van der Waals surface area contributed by atoms with Crippen molar-refractivity contribution in [2.75, 3.05) is 79.0 Å². The summed E-state index contributed by atoms with van der Waals surface area (Å²) in [6, 6.07) is -4.14. The lowest BCUT2D eigenvalue weighted by Gasteiger charge is -2.51. The van der Waals surface area contributed by atoms with Crippen LogP contribution in [0.15, 0.2) is 24.7 Å². The standard InChI is InChI=1S/C70H98F34N4O12Si2/c1-40-30-114-47(117-40)28-105-44-24-51(3,4)36-53(7,26-44)38-107-49(109)119-46(35-116-121(9,10)21-17-55(71,72)57(75,76)59(79,80)61(83,84)63(87,88)65(91,92)67(95,96)69(99,100)101)34-113-33-43-16-13-15-42(23-43)32-112-20-14-19-108(50(110)111,39-54(8)27-45(25-52(5,6)37-54)106-29-48-115-31-41(2)118-48)120-122(11,12)22-18-56(73,74)58(77,78)60(81,82)62(85,86)64(89,90)66(93,94)68(97,98)70(102,103)104/h42-48,105-106H,1-2,13-39H2,3-12H3,(H-,107,109,110,111). The van der Waals surface area contributed by atoms with Crippen LogP contribution >= 0.6 is 0 Å². The number of hydrogen-bond acceptors (Lipinski definition) is 14. The van der Waals surface area contributed by atoms with Crippen LogP contribution in [0.25, 0.3) is 0 Å². The number of nitrogens with zero attached hydrogens (tertiary/aromatic N) is 1. The molecule has 716 valence electrons. The first-order valence-corrected chi connectivity index (χ1v) is 44.0. The molecule has 10 atom stereocenters. The van der Waals surface area contributed by atoms with Crippen LogP contribution in [0, 0.1) is 33.5 Å². The monoisotopic (exact) mass is 1890 g/mol. The number of ether oxygens (including phenoxy) is 7. The van der Waals surface area contributed by atoms with Gasteiger partial charge in [-0.1, -0.05) is 61.1 Å². The maximum absolute atomic E-state index is 15.6. The Kier molecular flexibility index (Phi) is 32.6. The number of hydrogen-bond donors (Lipinski definition) is 3. The number of alkyl halides is 34. The topological polar surface area (TPSA) is 176 Å². The Bertz CT molecular complexity index is 3540. The number of carbonyl (C=O) groups excluding carboxylic acids is 2. The van der Waals surface area contributed by atoms with Gasteiger partial charge in [0, 0.05) is 56.5 Å². The van der Waals surface area contributed by atoms with Gasteiger partial charge >= 0.3 is 101 Å². The third kappa shape index (κ3) is 23.4. The molecular weight excluding hydrogens is 1790 g/mol. The molecule has 5 fully saturated rings. The van der Waals surface area contributed by atoms with Crippen molar-refractivity contribution in [2.45, 2.75) is 289 Å². The Morgan fingerprint density at radius 2 is 0.877 bits per heavy atom. The molecule has 52 heteroatoms. The van der Waals surface area contributed by atoms with Gasteiger partial charge in [0.15, 0.2) is 8.32 Å². The number of amides is 2. The van der Waals surface area contributed by atoms with E-state index in [2.05, 4.69) is 29.1 Å². The van der Waals surface area contributed by atoms with Crippen molar-refractivity contribution in [2.24, 2.45) is 33.5 Å². The van der Waals surface area contributed by atoms with Crippen LogP contribution < -0.4 is 21.1 Å². The summed E-state index contributed by atoms with van der Waals surface area (Å²) in [7, 11) is -9.01. The first-order valence-electron chi connectivity index (χ1n) is 37.8. The molecule has 0 aromatic rings. The van der Waals surface area contributed by atoms with Gasteiger partial charge in [-0.2, -0.15) is 149 Å². The largest absolute Gasteiger partial charge is 0.496 e. The average molecular weight is 1890 g/mol. The third-order valence-corrected chi connectivity index (χ3v) is 26.5. The molecule has 5 rings (SSSR count). The first kappa shape index (κ1) is 108. The van der Waals surface area contributed by atoms with Crippen LogP contribution in [-0.4, -0.2) is 238 Å². The van der Waals surface area contributed by atoms with Crippen molar-refractivity contribution >= 4 is 28.8 Å². The van der Waals surface area contributed by atoms with Gasteiger partial charge < -0.3 is 63.4 Å². The molecule has 0 aromatic heterocycles. The summed E-state index contributed by atoms with van der Waals surface area (Å²) in [5.41, 5.74) is -3.13. The van der Waals surface area contributed by atoms with E-state index in [1.165, 1.54) is 6.92 Å². The molecule has 0 bridgehead atoms. The maximum atomic E-state index is 15.6. The SMILES string of the molecule is C=C1COC(CNC2CC(C)(C)CC(C)(CNC(=O)OC(COCC3CCCC(COCCC[N+](CC4(C)CC(NCC5OCC(=C)O5)CC(C)(C)C4)(O[Si](C)(C)CCC(F)(F)C(F)(F)C(F)(F)C(F)(F)C(F)(F)C(F)(F)C(F)(F)C(F)(F)F)C(=O)[O-])C3)CO[Si](C)(C)CCC(F)(F)C(F)(F)C(F)(F)C(F)(F)C(F)(F)C(F)(F)C(F)(F)C(F)(F)F)C2)O1. The summed E-state index contributed by atoms with van der Waals surface area (Å²) in [5, 5.41) is 22.9. The zero-order chi connectivity index (χ0) is 94.4. The molecule has 5 aliphatic rings. The van der Waals surface area contributed by atoms with Crippen molar-refractivity contribution in [3.8, 4) is 0 Å². The number of alkyl carbamates (subject to hydrolysis) is 1. The van der Waals surface area contributed by atoms with Gasteiger partial charge in [0.2, 0.25) is 12.6 Å². The van der Waals surface area contributed by atoms with Crippen LogP contribution in [0.3, 0.4) is 0 Å². The van der Waals surface area contributed by atoms with E-state index in [4.69, 9.17) is 42.1 Å². The molecule has 0 aromatic carbocycles. The predicted molar refractivity (Wildman–Crippen MR) is 363 cm³/mol. The van der Waals surface area contributed by atoms with Gasteiger partial charge in [0.05, 0.1) is 32.9 Å². The van der Waals surface area contributed by atoms with E-state index in [-0.39, 0.29) is 82.5 Å². The van der Waals surface area contributed by atoms with Gasteiger partial charge in [-0.05, 0) is 124 Å². The smallest absolute Gasteiger partial charge is 0.460 e. The van der Waals surface area contributed by atoms with E-state index in [9.17, 15) is 138 Å². The Morgan fingerprint density at radius 1 is 0.508 bits per heavy atom. The van der Waals surface area contributed by atoms with Crippen molar-refractivity contribution in [1.82, 2.24) is 16.0 Å². The Morgan fingerprint density at radius 3 is 1.26 bits per heavy atom. The van der Waals surface area contributed by atoms with Crippen LogP contribution in [0.4, 0.5) is 159 Å².